The largest absolute Gasteiger partial charge is 0.491 e. The fourth-order valence-corrected chi connectivity index (χ4v) is 3.59. The molecular weight excluding hydrogens is 507 g/mol. The van der Waals surface area contributed by atoms with Gasteiger partial charge in [0, 0.05) is 32.1 Å². The molecule has 7 nitrogen and oxygen atoms in total. The van der Waals surface area contributed by atoms with Crippen molar-refractivity contribution in [3.05, 3.63) is 29.8 Å². The zero-order valence-electron chi connectivity index (χ0n) is 19.3. The van der Waals surface area contributed by atoms with Gasteiger partial charge in [0.1, 0.15) is 5.75 Å². The highest BCUT2D eigenvalue weighted by Gasteiger charge is 2.22. The Balaban J connectivity index is 0.00000480. The van der Waals surface area contributed by atoms with Crippen LogP contribution in [0.3, 0.4) is 0 Å². The summed E-state index contributed by atoms with van der Waals surface area (Å²) in [6.45, 7) is 10.4. The number of guanidine groups is 1. The molecule has 1 fully saturated rings. The number of nitrogens with zero attached hydrogens (tertiary/aromatic N) is 2. The summed E-state index contributed by atoms with van der Waals surface area (Å²) in [5, 5.41) is 16.9. The standard InChI is InChI=1S/C23H38N4O3.HI/c1-5-24-23(25-13-12-22(29)27-14-7-6-9-18(27)4)26-16-21(28)19-10-8-11-20(15-19)30-17(2)3;/h8,10-11,15,17-18,21,28H,5-7,9,12-14,16H2,1-4H3,(H2,24,25,26);1H. The number of nitrogens with one attached hydrogen (secondary N) is 2. The van der Waals surface area contributed by atoms with Crippen molar-refractivity contribution in [2.45, 2.75) is 71.6 Å². The Kier molecular flexibility index (Phi) is 12.9. The third kappa shape index (κ3) is 9.64. The normalized spacial score (nSPS) is 17.7. The molecule has 1 aromatic rings. The first-order valence-electron chi connectivity index (χ1n) is 11.2. The summed E-state index contributed by atoms with van der Waals surface area (Å²) in [6.07, 6.45) is 3.17. The minimum atomic E-state index is -0.730. The van der Waals surface area contributed by atoms with Gasteiger partial charge in [0.25, 0.3) is 0 Å². The van der Waals surface area contributed by atoms with Crippen molar-refractivity contribution in [3.8, 4) is 5.75 Å². The molecule has 0 aromatic heterocycles. The van der Waals surface area contributed by atoms with Crippen LogP contribution < -0.4 is 15.4 Å². The first-order chi connectivity index (χ1) is 14.4. The van der Waals surface area contributed by atoms with E-state index in [4.69, 9.17) is 4.74 Å². The van der Waals surface area contributed by atoms with E-state index in [-0.39, 0.29) is 42.5 Å². The Hall–Kier alpha value is -1.55. The summed E-state index contributed by atoms with van der Waals surface area (Å²) in [5.74, 6) is 1.53. The Morgan fingerprint density at radius 1 is 1.32 bits per heavy atom. The quantitative estimate of drug-likeness (QED) is 0.251. The van der Waals surface area contributed by atoms with Gasteiger partial charge in [0.05, 0.1) is 18.8 Å². The van der Waals surface area contributed by atoms with E-state index in [1.807, 2.05) is 49.9 Å². The maximum Gasteiger partial charge on any atom is 0.224 e. The average molecular weight is 546 g/mol. The van der Waals surface area contributed by atoms with Crippen molar-refractivity contribution in [3.63, 3.8) is 0 Å². The second-order valence-electron chi connectivity index (χ2n) is 8.08. The highest BCUT2D eigenvalue weighted by molar-refractivity contribution is 14.0. The monoisotopic (exact) mass is 546 g/mol. The number of likely N-dealkylation sites (tertiary alicyclic amines) is 1. The topological polar surface area (TPSA) is 86.2 Å². The molecule has 1 heterocycles. The number of benzene rings is 1. The van der Waals surface area contributed by atoms with Gasteiger partial charge in [-0.2, -0.15) is 0 Å². The van der Waals surface area contributed by atoms with Crippen LogP contribution >= 0.6 is 24.0 Å². The highest BCUT2D eigenvalue weighted by atomic mass is 127. The van der Waals surface area contributed by atoms with E-state index in [1.54, 1.807) is 0 Å². The third-order valence-corrected chi connectivity index (χ3v) is 5.14. The summed E-state index contributed by atoms with van der Waals surface area (Å²) in [7, 11) is 0. The van der Waals surface area contributed by atoms with E-state index in [0.29, 0.717) is 31.5 Å². The number of halogens is 1. The Morgan fingerprint density at radius 3 is 2.77 bits per heavy atom. The van der Waals surface area contributed by atoms with Crippen LogP contribution in [-0.4, -0.2) is 60.2 Å². The van der Waals surface area contributed by atoms with Crippen molar-refractivity contribution < 1.29 is 14.6 Å². The minimum Gasteiger partial charge on any atom is -0.491 e. The van der Waals surface area contributed by atoms with Gasteiger partial charge in [-0.15, -0.1) is 24.0 Å². The van der Waals surface area contributed by atoms with Crippen LogP contribution in [0.15, 0.2) is 29.3 Å². The summed E-state index contributed by atoms with van der Waals surface area (Å²) < 4.78 is 5.69. The number of carbonyl (C=O) groups is 1. The van der Waals surface area contributed by atoms with Crippen molar-refractivity contribution in [2.24, 2.45) is 4.99 Å². The van der Waals surface area contributed by atoms with Crippen LogP contribution in [-0.2, 0) is 4.79 Å². The van der Waals surface area contributed by atoms with Crippen LogP contribution in [0.4, 0.5) is 0 Å². The summed E-state index contributed by atoms with van der Waals surface area (Å²) >= 11 is 0. The lowest BCUT2D eigenvalue weighted by Crippen LogP contribution is -2.44. The molecule has 0 aliphatic carbocycles. The van der Waals surface area contributed by atoms with Gasteiger partial charge in [0.15, 0.2) is 5.96 Å². The van der Waals surface area contributed by atoms with Gasteiger partial charge in [-0.05, 0) is 64.7 Å². The number of hydrogen-bond acceptors (Lipinski definition) is 4. The number of aliphatic imine (C=N–C) groups is 1. The molecule has 0 radical (unpaired) electrons. The molecule has 2 unspecified atom stereocenters. The number of amides is 1. The van der Waals surface area contributed by atoms with Crippen LogP contribution in [0.25, 0.3) is 0 Å². The Labute approximate surface area is 204 Å². The van der Waals surface area contributed by atoms with Crippen LogP contribution in [0.5, 0.6) is 5.75 Å². The van der Waals surface area contributed by atoms with E-state index in [9.17, 15) is 9.90 Å². The first-order valence-corrected chi connectivity index (χ1v) is 11.2. The minimum absolute atomic E-state index is 0. The van der Waals surface area contributed by atoms with Gasteiger partial charge in [-0.25, -0.2) is 0 Å². The van der Waals surface area contributed by atoms with Gasteiger partial charge >= 0.3 is 0 Å². The van der Waals surface area contributed by atoms with Crippen LogP contribution in [0.1, 0.15) is 65.0 Å². The predicted molar refractivity (Wildman–Crippen MR) is 136 cm³/mol. The fourth-order valence-electron chi connectivity index (χ4n) is 3.59. The molecule has 0 bridgehead atoms. The summed E-state index contributed by atoms with van der Waals surface area (Å²) in [5.41, 5.74) is 0.766. The molecule has 0 spiro atoms. The second-order valence-corrected chi connectivity index (χ2v) is 8.08. The lowest BCUT2D eigenvalue weighted by molar-refractivity contribution is -0.134. The molecule has 8 heteroatoms. The Morgan fingerprint density at radius 2 is 2.10 bits per heavy atom. The van der Waals surface area contributed by atoms with Crippen LogP contribution in [0.2, 0.25) is 0 Å². The summed E-state index contributed by atoms with van der Waals surface area (Å²) in [6, 6.07) is 7.80. The van der Waals surface area contributed by atoms with E-state index in [2.05, 4.69) is 22.5 Å². The smallest absolute Gasteiger partial charge is 0.224 e. The zero-order chi connectivity index (χ0) is 21.9. The maximum atomic E-state index is 12.5. The van der Waals surface area contributed by atoms with E-state index in [1.165, 1.54) is 6.42 Å². The molecule has 2 rings (SSSR count). The fraction of sp³-hybridized carbons (Fsp3) is 0.652. The van der Waals surface area contributed by atoms with Gasteiger partial charge in [-0.1, -0.05) is 12.1 Å². The number of aliphatic hydroxyl groups excluding tert-OH is 1. The van der Waals surface area contributed by atoms with Crippen molar-refractivity contribution in [1.29, 1.82) is 0 Å². The number of rotatable bonds is 9. The molecule has 1 aliphatic heterocycles. The molecule has 1 amide bonds. The van der Waals surface area contributed by atoms with Crippen molar-refractivity contribution in [2.75, 3.05) is 26.2 Å². The molecule has 31 heavy (non-hydrogen) atoms. The number of carbonyl (C=O) groups excluding carboxylic acids is 1. The van der Waals surface area contributed by atoms with Gasteiger partial charge in [-0.3, -0.25) is 9.79 Å². The zero-order valence-corrected chi connectivity index (χ0v) is 21.6. The SMILES string of the molecule is CCNC(=NCC(O)c1cccc(OC(C)C)c1)NCCC(=O)N1CCCCC1C.I. The predicted octanol–water partition coefficient (Wildman–Crippen LogP) is 3.47. The maximum absolute atomic E-state index is 12.5. The lowest BCUT2D eigenvalue weighted by Gasteiger charge is -2.33. The third-order valence-electron chi connectivity index (χ3n) is 5.14. The van der Waals surface area contributed by atoms with E-state index < -0.39 is 6.10 Å². The number of ether oxygens (including phenoxy) is 1. The molecular formula is C23H39IN4O3. The molecule has 1 aliphatic rings. The molecule has 0 saturated carbocycles. The molecule has 176 valence electrons. The second kappa shape index (κ2) is 14.5. The summed E-state index contributed by atoms with van der Waals surface area (Å²) in [4.78, 5) is 19.0. The average Bonchev–Trinajstić information content (AvgIpc) is 2.71. The van der Waals surface area contributed by atoms with Gasteiger partial charge < -0.3 is 25.4 Å². The van der Waals surface area contributed by atoms with E-state index >= 15 is 0 Å². The molecule has 2 atom stereocenters. The number of aliphatic hydroxyl groups is 1. The van der Waals surface area contributed by atoms with E-state index in [0.717, 1.165) is 30.7 Å². The molecule has 1 aromatic carbocycles. The Bertz CT molecular complexity index is 699. The first kappa shape index (κ1) is 27.5. The number of hydrogen-bond donors (Lipinski definition) is 3. The van der Waals surface area contributed by atoms with Gasteiger partial charge in [0.2, 0.25) is 5.91 Å². The van der Waals surface area contributed by atoms with Crippen molar-refractivity contribution in [1.82, 2.24) is 15.5 Å². The van der Waals surface area contributed by atoms with Crippen molar-refractivity contribution >= 4 is 35.8 Å². The highest BCUT2D eigenvalue weighted by Crippen LogP contribution is 2.20. The van der Waals surface area contributed by atoms with Crippen LogP contribution in [0, 0.1) is 0 Å². The molecule has 3 N–H and O–H groups in total. The lowest BCUT2D eigenvalue weighted by atomic mass is 10.0. The number of piperidine rings is 1. The molecule has 1 saturated heterocycles.